The molecule has 1 amide bonds. The van der Waals surface area contributed by atoms with E-state index in [1.54, 1.807) is 37.1 Å². The molecule has 0 atom stereocenters. The molecule has 1 N–H and O–H groups in total. The zero-order valence-electron chi connectivity index (χ0n) is 18.7. The maximum absolute atomic E-state index is 12.9. The molecule has 1 fully saturated rings. The number of aromatic nitrogens is 2. The van der Waals surface area contributed by atoms with E-state index in [0.717, 1.165) is 56.7 Å². The summed E-state index contributed by atoms with van der Waals surface area (Å²) in [7, 11) is 5.21. The molecule has 9 nitrogen and oxygen atoms in total. The summed E-state index contributed by atoms with van der Waals surface area (Å²) in [5.74, 6) is 1.13. The minimum absolute atomic E-state index is 0.151. The lowest BCUT2D eigenvalue weighted by Crippen LogP contribution is -2.54. The van der Waals surface area contributed by atoms with Gasteiger partial charge in [-0.2, -0.15) is 4.98 Å². The third kappa shape index (κ3) is 4.71. The number of piperazine rings is 1. The van der Waals surface area contributed by atoms with Crippen LogP contribution >= 0.6 is 11.8 Å². The number of methoxy groups -OCH3 is 2. The topological polar surface area (TPSA) is 88.9 Å². The van der Waals surface area contributed by atoms with Crippen LogP contribution in [0.15, 0.2) is 28.0 Å². The van der Waals surface area contributed by atoms with E-state index in [2.05, 4.69) is 27.3 Å². The minimum atomic E-state index is -0.257. The number of thioether (sulfide) groups is 1. The summed E-state index contributed by atoms with van der Waals surface area (Å²) in [6.45, 7) is 3.46. The highest BCUT2D eigenvalue weighted by Crippen LogP contribution is 2.31. The number of carbonyl (C=O) groups is 1. The first kappa shape index (κ1) is 22.5. The molecule has 4 rings (SSSR count). The molecule has 0 unspecified atom stereocenters. The zero-order chi connectivity index (χ0) is 22.7. The van der Waals surface area contributed by atoms with Gasteiger partial charge in [0.25, 0.3) is 0 Å². The quantitative estimate of drug-likeness (QED) is 0.491. The highest BCUT2D eigenvalue weighted by atomic mass is 32.2. The first-order valence-electron chi connectivity index (χ1n) is 10.7. The largest absolute Gasteiger partial charge is 0.497 e. The average molecular weight is 460 g/mol. The molecule has 1 aliphatic carbocycles. The molecule has 172 valence electrons. The fourth-order valence-electron chi connectivity index (χ4n) is 4.15. The van der Waals surface area contributed by atoms with Gasteiger partial charge in [-0.25, -0.2) is 9.47 Å². The summed E-state index contributed by atoms with van der Waals surface area (Å²) in [6.07, 6.45) is 2.74. The second-order valence-electron chi connectivity index (χ2n) is 7.95. The third-order valence-electron chi connectivity index (χ3n) is 5.86. The monoisotopic (exact) mass is 459 g/mol. The van der Waals surface area contributed by atoms with Gasteiger partial charge in [0.05, 0.1) is 31.4 Å². The van der Waals surface area contributed by atoms with E-state index in [0.29, 0.717) is 22.2 Å². The molecule has 32 heavy (non-hydrogen) atoms. The van der Waals surface area contributed by atoms with Crippen LogP contribution in [0.4, 0.5) is 5.69 Å². The number of ether oxygens (including phenoxy) is 2. The van der Waals surface area contributed by atoms with E-state index in [1.165, 1.54) is 11.8 Å². The number of fused-ring (bicyclic) bond motifs is 1. The molecular weight excluding hydrogens is 430 g/mol. The number of nitrogens with one attached hydrogen (secondary N) is 1. The molecule has 1 aliphatic heterocycles. The van der Waals surface area contributed by atoms with Crippen molar-refractivity contribution in [2.75, 3.05) is 63.5 Å². The smallest absolute Gasteiger partial charge is 0.367 e. The summed E-state index contributed by atoms with van der Waals surface area (Å²) in [6, 6.07) is 5.23. The Morgan fingerprint density at radius 3 is 2.66 bits per heavy atom. The van der Waals surface area contributed by atoms with Crippen molar-refractivity contribution < 1.29 is 14.3 Å². The van der Waals surface area contributed by atoms with Crippen LogP contribution in [0.3, 0.4) is 0 Å². The van der Waals surface area contributed by atoms with Gasteiger partial charge >= 0.3 is 5.69 Å². The number of anilines is 1. The highest BCUT2D eigenvalue weighted by molar-refractivity contribution is 8.00. The van der Waals surface area contributed by atoms with E-state index < -0.39 is 0 Å². The number of likely N-dealkylation sites (N-methyl/N-ethyl adjacent to an activating group) is 1. The van der Waals surface area contributed by atoms with Crippen LogP contribution in [0.2, 0.25) is 0 Å². The number of nitrogens with zero attached hydrogens (tertiary/aromatic N) is 4. The Kier molecular flexibility index (Phi) is 6.90. The Labute approximate surface area is 191 Å². The molecule has 1 saturated heterocycles. The molecule has 1 aromatic heterocycles. The van der Waals surface area contributed by atoms with Gasteiger partial charge in [-0.05, 0) is 38.4 Å². The Bertz CT molecular complexity index is 1050. The molecule has 10 heteroatoms. The van der Waals surface area contributed by atoms with E-state index in [9.17, 15) is 9.59 Å². The molecule has 2 aromatic rings. The summed E-state index contributed by atoms with van der Waals surface area (Å²) < 4.78 is 12.3. The Hall–Kier alpha value is -2.72. The van der Waals surface area contributed by atoms with Gasteiger partial charge < -0.3 is 24.7 Å². The summed E-state index contributed by atoms with van der Waals surface area (Å²) in [5.41, 5.74) is 2.43. The van der Waals surface area contributed by atoms with E-state index in [-0.39, 0.29) is 17.3 Å². The number of benzene rings is 1. The van der Waals surface area contributed by atoms with Crippen molar-refractivity contribution in [3.63, 3.8) is 0 Å². The predicted molar refractivity (Wildman–Crippen MR) is 125 cm³/mol. The average Bonchev–Trinajstić information content (AvgIpc) is 3.28. The van der Waals surface area contributed by atoms with Crippen molar-refractivity contribution in [3.8, 4) is 11.5 Å². The van der Waals surface area contributed by atoms with E-state index in [1.807, 2.05) is 0 Å². The lowest BCUT2D eigenvalue weighted by atomic mass is 10.2. The lowest BCUT2D eigenvalue weighted by Gasteiger charge is -2.35. The van der Waals surface area contributed by atoms with Gasteiger partial charge in [0.2, 0.25) is 5.91 Å². The second kappa shape index (κ2) is 9.83. The number of carbonyl (C=O) groups excluding carboxylic acids is 1. The molecule has 0 radical (unpaired) electrons. The van der Waals surface area contributed by atoms with Gasteiger partial charge in [0.15, 0.2) is 0 Å². The minimum Gasteiger partial charge on any atom is -0.497 e. The maximum atomic E-state index is 12.9. The summed E-state index contributed by atoms with van der Waals surface area (Å²) in [4.78, 5) is 32.2. The third-order valence-corrected chi connectivity index (χ3v) is 6.88. The van der Waals surface area contributed by atoms with Gasteiger partial charge in [-0.1, -0.05) is 11.8 Å². The maximum Gasteiger partial charge on any atom is 0.367 e. The van der Waals surface area contributed by atoms with Crippen molar-refractivity contribution in [1.29, 1.82) is 0 Å². The fraction of sp³-hybridized carbons (Fsp3) is 0.500. The standard InChI is InChI=1S/C22H29N5O4S/c1-25-9-11-26(12-10-25)27-18-6-4-5-16(18)21(24-22(27)29)32-14-20(28)23-17-13-15(30-2)7-8-19(17)31-3/h7-8,13H,4-6,9-12,14H2,1-3H3,(H,23,28). The molecule has 1 aromatic carbocycles. The number of hydrogen-bond donors (Lipinski definition) is 1. The number of hydrogen-bond acceptors (Lipinski definition) is 8. The highest BCUT2D eigenvalue weighted by Gasteiger charge is 2.26. The van der Waals surface area contributed by atoms with Crippen LogP contribution in [0.1, 0.15) is 17.7 Å². The number of rotatable bonds is 7. The van der Waals surface area contributed by atoms with Gasteiger partial charge in [-0.15, -0.1) is 0 Å². The van der Waals surface area contributed by atoms with Gasteiger partial charge in [0, 0.05) is 37.8 Å². The van der Waals surface area contributed by atoms with Gasteiger partial charge in [-0.3, -0.25) is 4.79 Å². The van der Waals surface area contributed by atoms with Crippen LogP contribution in [-0.2, 0) is 17.6 Å². The molecule has 2 aliphatic rings. The van der Waals surface area contributed by atoms with Crippen LogP contribution in [0.25, 0.3) is 0 Å². The Morgan fingerprint density at radius 2 is 1.94 bits per heavy atom. The van der Waals surface area contributed by atoms with E-state index >= 15 is 0 Å². The van der Waals surface area contributed by atoms with Crippen LogP contribution in [0, 0.1) is 0 Å². The van der Waals surface area contributed by atoms with Crippen molar-refractivity contribution in [1.82, 2.24) is 14.6 Å². The predicted octanol–water partition coefficient (Wildman–Crippen LogP) is 1.36. The zero-order valence-corrected chi connectivity index (χ0v) is 19.5. The second-order valence-corrected chi connectivity index (χ2v) is 8.91. The molecule has 2 heterocycles. The lowest BCUT2D eigenvalue weighted by molar-refractivity contribution is -0.113. The van der Waals surface area contributed by atoms with Crippen LogP contribution in [-0.4, -0.2) is 73.7 Å². The molecule has 0 bridgehead atoms. The Balaban J connectivity index is 1.49. The summed E-state index contributed by atoms with van der Waals surface area (Å²) in [5, 5.41) is 5.64. The van der Waals surface area contributed by atoms with Crippen LogP contribution in [0.5, 0.6) is 11.5 Å². The fourth-order valence-corrected chi connectivity index (χ4v) is 5.02. The Morgan fingerprint density at radius 1 is 1.16 bits per heavy atom. The first-order valence-corrected chi connectivity index (χ1v) is 11.7. The number of amides is 1. The van der Waals surface area contributed by atoms with E-state index in [4.69, 9.17) is 9.47 Å². The molecular formula is C22H29N5O4S. The van der Waals surface area contributed by atoms with Crippen molar-refractivity contribution >= 4 is 23.4 Å². The normalized spacial score (nSPS) is 16.0. The van der Waals surface area contributed by atoms with Crippen molar-refractivity contribution in [2.45, 2.75) is 24.3 Å². The molecule has 0 saturated carbocycles. The SMILES string of the molecule is COc1ccc(OC)c(NC(=O)CSc2nc(=O)n(N3CCN(C)CC3)c3c2CCC3)c1. The van der Waals surface area contributed by atoms with Crippen LogP contribution < -0.4 is 25.5 Å². The van der Waals surface area contributed by atoms with Crippen molar-refractivity contribution in [2.24, 2.45) is 0 Å². The summed E-state index contributed by atoms with van der Waals surface area (Å²) >= 11 is 1.31. The molecule has 0 spiro atoms. The van der Waals surface area contributed by atoms with Gasteiger partial charge in [0.1, 0.15) is 16.5 Å². The first-order chi connectivity index (χ1) is 15.5. The van der Waals surface area contributed by atoms with Crippen molar-refractivity contribution in [3.05, 3.63) is 39.9 Å².